The molecule has 3 aromatic carbocycles. The van der Waals surface area contributed by atoms with Crippen molar-refractivity contribution < 1.29 is 26.3 Å². The summed E-state index contributed by atoms with van der Waals surface area (Å²) in [5.41, 5.74) is 2.16. The fraction of sp³-hybridized carbons (Fsp3) is 0.214. The van der Waals surface area contributed by atoms with Crippen molar-refractivity contribution in [2.24, 2.45) is 5.92 Å². The molecular formula is C28H18F6. The minimum atomic E-state index is -4.93. The highest BCUT2D eigenvalue weighted by molar-refractivity contribution is 5.87. The van der Waals surface area contributed by atoms with Gasteiger partial charge in [-0.05, 0) is 72.0 Å². The maximum absolute atomic E-state index is 14.6. The molecule has 0 aliphatic heterocycles. The quantitative estimate of drug-likeness (QED) is 0.253. The van der Waals surface area contributed by atoms with Crippen LogP contribution in [0.1, 0.15) is 48.4 Å². The standard InChI is InChI=1S/C28H18F6/c1-17-2-8-20(9-3-17)21-10-6-18(7-11-21)4-5-19-14-22-16-24(29)23(12-13-28(32,33)34)27(31)26(22)25(30)15-19/h6-8,10-11,14-17H,2-3,9H2,1H3. The number of allylic oxidation sites excluding steroid dienone is 2. The molecule has 0 nitrogen and oxygen atoms in total. The number of benzene rings is 3. The Hall–Kier alpha value is -3.64. The van der Waals surface area contributed by atoms with E-state index >= 15 is 0 Å². The van der Waals surface area contributed by atoms with Crippen LogP contribution in [0.3, 0.4) is 0 Å². The molecule has 0 heterocycles. The van der Waals surface area contributed by atoms with Crippen LogP contribution in [0.5, 0.6) is 0 Å². The third-order valence-corrected chi connectivity index (χ3v) is 5.69. The molecule has 4 rings (SSSR count). The first-order chi connectivity index (χ1) is 16.1. The smallest absolute Gasteiger partial charge is 0.206 e. The van der Waals surface area contributed by atoms with Gasteiger partial charge in [0, 0.05) is 17.0 Å². The molecule has 0 spiro atoms. The van der Waals surface area contributed by atoms with Crippen molar-refractivity contribution in [3.05, 3.63) is 88.2 Å². The topological polar surface area (TPSA) is 0 Å². The summed E-state index contributed by atoms with van der Waals surface area (Å²) in [5, 5.41) is -0.802. The Morgan fingerprint density at radius 1 is 0.853 bits per heavy atom. The molecule has 0 fully saturated rings. The average Bonchev–Trinajstić information content (AvgIpc) is 2.77. The van der Waals surface area contributed by atoms with E-state index in [1.54, 1.807) is 0 Å². The SMILES string of the molecule is CC1CC=C(c2ccc(C#Cc3cc(F)c4c(F)c(C#CC(F)(F)F)c(F)cc4c3)cc2)CC1. The number of hydrogen-bond acceptors (Lipinski definition) is 0. The minimum Gasteiger partial charge on any atom is -0.206 e. The molecular weight excluding hydrogens is 450 g/mol. The summed E-state index contributed by atoms with van der Waals surface area (Å²) < 4.78 is 80.3. The lowest BCUT2D eigenvalue weighted by Crippen LogP contribution is -2.03. The minimum absolute atomic E-state index is 0.161. The zero-order chi connectivity index (χ0) is 24.5. The first kappa shape index (κ1) is 23.5. The summed E-state index contributed by atoms with van der Waals surface area (Å²) >= 11 is 0. The van der Waals surface area contributed by atoms with Gasteiger partial charge in [-0.2, -0.15) is 13.2 Å². The summed E-state index contributed by atoms with van der Waals surface area (Å²) in [6, 6.07) is 10.6. The van der Waals surface area contributed by atoms with Crippen LogP contribution in [-0.2, 0) is 0 Å². The van der Waals surface area contributed by atoms with E-state index in [2.05, 4.69) is 24.8 Å². The highest BCUT2D eigenvalue weighted by Crippen LogP contribution is 2.30. The molecule has 1 atom stereocenters. The summed E-state index contributed by atoms with van der Waals surface area (Å²) in [4.78, 5) is 0. The molecule has 0 aromatic heterocycles. The molecule has 0 radical (unpaired) electrons. The van der Waals surface area contributed by atoms with Crippen molar-refractivity contribution in [2.75, 3.05) is 0 Å². The Morgan fingerprint density at radius 3 is 2.21 bits per heavy atom. The summed E-state index contributed by atoms with van der Waals surface area (Å²) in [7, 11) is 0. The first-order valence-electron chi connectivity index (χ1n) is 10.6. The van der Waals surface area contributed by atoms with E-state index in [0.29, 0.717) is 11.5 Å². The molecule has 1 unspecified atom stereocenters. The maximum atomic E-state index is 14.6. The van der Waals surface area contributed by atoms with E-state index in [0.717, 1.165) is 42.9 Å². The van der Waals surface area contributed by atoms with Gasteiger partial charge in [0.1, 0.15) is 11.6 Å². The van der Waals surface area contributed by atoms with Crippen molar-refractivity contribution >= 4 is 16.3 Å². The van der Waals surface area contributed by atoms with Crippen molar-refractivity contribution in [1.29, 1.82) is 0 Å². The molecule has 34 heavy (non-hydrogen) atoms. The summed E-state index contributed by atoms with van der Waals surface area (Å²) in [5.74, 6) is 4.71. The van der Waals surface area contributed by atoms with Crippen LogP contribution in [0.25, 0.3) is 16.3 Å². The fourth-order valence-electron chi connectivity index (χ4n) is 3.87. The number of alkyl halides is 3. The Kier molecular flexibility index (Phi) is 6.44. The Balaban J connectivity index is 1.63. The fourth-order valence-corrected chi connectivity index (χ4v) is 3.87. The van der Waals surface area contributed by atoms with Crippen LogP contribution in [0.2, 0.25) is 0 Å². The predicted octanol–water partition coefficient (Wildman–Crippen LogP) is 7.77. The monoisotopic (exact) mass is 468 g/mol. The number of halogens is 6. The van der Waals surface area contributed by atoms with Crippen molar-refractivity contribution in [1.82, 2.24) is 0 Å². The Labute approximate surface area is 193 Å². The predicted molar refractivity (Wildman–Crippen MR) is 120 cm³/mol. The second-order valence-corrected chi connectivity index (χ2v) is 8.29. The molecule has 0 saturated heterocycles. The van der Waals surface area contributed by atoms with Crippen molar-refractivity contribution in [3.8, 4) is 23.7 Å². The molecule has 172 valence electrons. The highest BCUT2D eigenvalue weighted by Gasteiger charge is 2.24. The molecule has 0 amide bonds. The zero-order valence-corrected chi connectivity index (χ0v) is 18.1. The molecule has 6 heteroatoms. The van der Waals surface area contributed by atoms with Gasteiger partial charge in [-0.15, -0.1) is 0 Å². The Morgan fingerprint density at radius 2 is 1.56 bits per heavy atom. The molecule has 0 saturated carbocycles. The molecule has 0 N–H and O–H groups in total. The number of fused-ring (bicyclic) bond motifs is 1. The normalized spacial score (nSPS) is 15.7. The number of hydrogen-bond donors (Lipinski definition) is 0. The molecule has 0 bridgehead atoms. The van der Waals surface area contributed by atoms with Gasteiger partial charge in [-0.1, -0.05) is 42.9 Å². The van der Waals surface area contributed by atoms with E-state index < -0.39 is 34.6 Å². The van der Waals surface area contributed by atoms with Gasteiger partial charge in [-0.25, -0.2) is 13.2 Å². The van der Waals surface area contributed by atoms with E-state index in [1.165, 1.54) is 17.6 Å². The van der Waals surface area contributed by atoms with Gasteiger partial charge in [0.05, 0.1) is 10.9 Å². The highest BCUT2D eigenvalue weighted by atomic mass is 19.4. The van der Waals surface area contributed by atoms with Gasteiger partial charge < -0.3 is 0 Å². The van der Waals surface area contributed by atoms with Gasteiger partial charge in [0.2, 0.25) is 0 Å². The lowest BCUT2D eigenvalue weighted by atomic mass is 9.87. The van der Waals surface area contributed by atoms with Crippen LogP contribution in [0.15, 0.2) is 48.5 Å². The van der Waals surface area contributed by atoms with Crippen LogP contribution in [0, 0.1) is 47.1 Å². The Bertz CT molecular complexity index is 1400. The van der Waals surface area contributed by atoms with Crippen LogP contribution in [0.4, 0.5) is 26.3 Å². The summed E-state index contributed by atoms with van der Waals surface area (Å²) in [6.45, 7) is 2.23. The second kappa shape index (κ2) is 9.31. The third kappa shape index (κ3) is 5.29. The van der Waals surface area contributed by atoms with Crippen LogP contribution >= 0.6 is 0 Å². The van der Waals surface area contributed by atoms with E-state index in [1.807, 2.05) is 24.3 Å². The first-order valence-corrected chi connectivity index (χ1v) is 10.6. The molecule has 1 aliphatic rings. The van der Waals surface area contributed by atoms with E-state index in [-0.39, 0.29) is 10.9 Å². The van der Waals surface area contributed by atoms with E-state index in [4.69, 9.17) is 0 Å². The van der Waals surface area contributed by atoms with E-state index in [9.17, 15) is 26.3 Å². The van der Waals surface area contributed by atoms with Gasteiger partial charge in [0.15, 0.2) is 5.82 Å². The van der Waals surface area contributed by atoms with Crippen LogP contribution in [-0.4, -0.2) is 6.18 Å². The largest absolute Gasteiger partial charge is 0.458 e. The van der Waals surface area contributed by atoms with Gasteiger partial charge in [-0.3, -0.25) is 0 Å². The second-order valence-electron chi connectivity index (χ2n) is 8.29. The third-order valence-electron chi connectivity index (χ3n) is 5.69. The molecule has 1 aliphatic carbocycles. The maximum Gasteiger partial charge on any atom is 0.458 e. The zero-order valence-electron chi connectivity index (χ0n) is 18.1. The van der Waals surface area contributed by atoms with Gasteiger partial charge in [0.25, 0.3) is 0 Å². The lowest BCUT2D eigenvalue weighted by Gasteiger charge is -2.18. The average molecular weight is 468 g/mol. The van der Waals surface area contributed by atoms with Crippen LogP contribution < -0.4 is 0 Å². The number of rotatable bonds is 1. The van der Waals surface area contributed by atoms with Crippen molar-refractivity contribution in [3.63, 3.8) is 0 Å². The lowest BCUT2D eigenvalue weighted by molar-refractivity contribution is -0.0696. The summed E-state index contributed by atoms with van der Waals surface area (Å²) in [6.07, 6.45) is 0.556. The molecule has 3 aromatic rings. The van der Waals surface area contributed by atoms with Crippen molar-refractivity contribution in [2.45, 2.75) is 32.4 Å². The van der Waals surface area contributed by atoms with Gasteiger partial charge >= 0.3 is 6.18 Å².